The number of carbonyl (C=O) groups excluding carboxylic acids is 1. The summed E-state index contributed by atoms with van der Waals surface area (Å²) in [5, 5.41) is 3.54. The number of halogens is 1. The number of nitrogens with one attached hydrogen (secondary N) is 1. The van der Waals surface area contributed by atoms with Crippen LogP contribution in [0.5, 0.6) is 0 Å². The van der Waals surface area contributed by atoms with Crippen molar-refractivity contribution in [3.05, 3.63) is 63.7 Å². The van der Waals surface area contributed by atoms with Crippen molar-refractivity contribution in [1.29, 1.82) is 0 Å². The molecule has 5 nitrogen and oxygen atoms in total. The quantitative estimate of drug-likeness (QED) is 0.756. The fraction of sp³-hybridized carbons (Fsp3) is 0.409. The molecule has 29 heavy (non-hydrogen) atoms. The van der Waals surface area contributed by atoms with Crippen LogP contribution in [0.2, 0.25) is 5.02 Å². The molecule has 2 aromatic carbocycles. The van der Waals surface area contributed by atoms with E-state index in [1.807, 2.05) is 32.9 Å². The number of carbonyl (C=O) groups is 1. The number of nitrogens with zero attached hydrogens (tertiary/aromatic N) is 1. The summed E-state index contributed by atoms with van der Waals surface area (Å²) in [5.41, 5.74) is 4.64. The van der Waals surface area contributed by atoms with Crippen molar-refractivity contribution in [2.45, 2.75) is 39.4 Å². The Bertz CT molecular complexity index is 997. The summed E-state index contributed by atoms with van der Waals surface area (Å²) >= 11 is 5.98. The second-order valence-electron chi connectivity index (χ2n) is 7.85. The van der Waals surface area contributed by atoms with E-state index in [0.717, 1.165) is 22.4 Å². The van der Waals surface area contributed by atoms with Gasteiger partial charge in [-0.15, -0.1) is 0 Å². The number of rotatable bonds is 5. The van der Waals surface area contributed by atoms with E-state index < -0.39 is 10.0 Å². The zero-order chi connectivity index (χ0) is 21.2. The predicted molar refractivity (Wildman–Crippen MR) is 118 cm³/mol. The van der Waals surface area contributed by atoms with E-state index >= 15 is 0 Å². The number of piperidine rings is 1. The highest BCUT2D eigenvalue weighted by molar-refractivity contribution is 7.88. The van der Waals surface area contributed by atoms with Crippen LogP contribution >= 0.6 is 11.6 Å². The zero-order valence-electron chi connectivity index (χ0n) is 17.0. The third-order valence-corrected chi connectivity index (χ3v) is 7.36. The lowest BCUT2D eigenvalue weighted by molar-refractivity contribution is -0.120. The van der Waals surface area contributed by atoms with Crippen LogP contribution in [0.3, 0.4) is 0 Å². The topological polar surface area (TPSA) is 66.5 Å². The number of hydrogen-bond donors (Lipinski definition) is 1. The van der Waals surface area contributed by atoms with Crippen LogP contribution in [0.25, 0.3) is 0 Å². The van der Waals surface area contributed by atoms with Gasteiger partial charge in [-0.3, -0.25) is 4.79 Å². The number of amides is 1. The Morgan fingerprint density at radius 2 is 1.86 bits per heavy atom. The van der Waals surface area contributed by atoms with E-state index in [-0.39, 0.29) is 24.1 Å². The predicted octanol–water partition coefficient (Wildman–Crippen LogP) is 4.45. The van der Waals surface area contributed by atoms with E-state index in [1.165, 1.54) is 4.31 Å². The molecule has 156 valence electrons. The standard InChI is InChI=1S/C22H27ClN2O3S/c1-15-10-16(2)21(17(3)11-15)24-22(26)19-7-5-9-25(13-19)29(27,28)14-18-6-4-8-20(23)12-18/h4,6,8,10-12,19H,5,7,9,13-14H2,1-3H3,(H,24,26). The van der Waals surface area contributed by atoms with Crippen molar-refractivity contribution in [2.24, 2.45) is 5.92 Å². The molecule has 1 unspecified atom stereocenters. The Balaban J connectivity index is 1.70. The summed E-state index contributed by atoms with van der Waals surface area (Å²) in [7, 11) is -3.52. The van der Waals surface area contributed by atoms with Crippen LogP contribution < -0.4 is 5.32 Å². The highest BCUT2D eigenvalue weighted by Crippen LogP contribution is 2.26. The zero-order valence-corrected chi connectivity index (χ0v) is 18.6. The maximum absolute atomic E-state index is 12.9. The van der Waals surface area contributed by atoms with Crippen molar-refractivity contribution in [3.63, 3.8) is 0 Å². The minimum Gasteiger partial charge on any atom is -0.325 e. The lowest BCUT2D eigenvalue weighted by Crippen LogP contribution is -2.44. The van der Waals surface area contributed by atoms with Crippen molar-refractivity contribution in [1.82, 2.24) is 4.31 Å². The van der Waals surface area contributed by atoms with E-state index in [0.29, 0.717) is 30.0 Å². The lowest BCUT2D eigenvalue weighted by atomic mass is 9.98. The SMILES string of the molecule is Cc1cc(C)c(NC(=O)C2CCCN(S(=O)(=O)Cc3cccc(Cl)c3)C2)c(C)c1. The van der Waals surface area contributed by atoms with Gasteiger partial charge in [0.15, 0.2) is 0 Å². The smallest absolute Gasteiger partial charge is 0.228 e. The van der Waals surface area contributed by atoms with Gasteiger partial charge in [-0.2, -0.15) is 0 Å². The number of anilines is 1. The van der Waals surface area contributed by atoms with Crippen molar-refractivity contribution < 1.29 is 13.2 Å². The summed E-state index contributed by atoms with van der Waals surface area (Å²) in [6.07, 6.45) is 1.34. The lowest BCUT2D eigenvalue weighted by Gasteiger charge is -2.31. The third kappa shape index (κ3) is 5.38. The maximum atomic E-state index is 12.9. The second-order valence-corrected chi connectivity index (χ2v) is 10.3. The number of aryl methyl sites for hydroxylation is 3. The van der Waals surface area contributed by atoms with Crippen LogP contribution in [-0.2, 0) is 20.6 Å². The molecule has 3 rings (SSSR count). The fourth-order valence-electron chi connectivity index (χ4n) is 3.94. The fourth-order valence-corrected chi connectivity index (χ4v) is 5.75. The second kappa shape index (κ2) is 8.86. The Morgan fingerprint density at radius 3 is 2.52 bits per heavy atom. The molecule has 7 heteroatoms. The first kappa shape index (κ1) is 21.8. The average Bonchev–Trinajstić information content (AvgIpc) is 2.64. The van der Waals surface area contributed by atoms with Gasteiger partial charge in [0.25, 0.3) is 0 Å². The molecule has 1 heterocycles. The minimum atomic E-state index is -3.52. The normalized spacial score (nSPS) is 17.9. The first-order valence-electron chi connectivity index (χ1n) is 9.76. The molecule has 1 aliphatic rings. The molecule has 0 aliphatic carbocycles. The molecule has 0 radical (unpaired) electrons. The van der Waals surface area contributed by atoms with Gasteiger partial charge in [0.05, 0.1) is 11.7 Å². The van der Waals surface area contributed by atoms with Crippen LogP contribution in [0.15, 0.2) is 36.4 Å². The molecule has 0 spiro atoms. The van der Waals surface area contributed by atoms with E-state index in [2.05, 4.69) is 5.32 Å². The number of hydrogen-bond acceptors (Lipinski definition) is 3. The van der Waals surface area contributed by atoms with Gasteiger partial charge in [-0.25, -0.2) is 12.7 Å². The molecule has 0 saturated carbocycles. The van der Waals surface area contributed by atoms with Gasteiger partial charge in [0.2, 0.25) is 15.9 Å². The molecule has 1 amide bonds. The van der Waals surface area contributed by atoms with Gasteiger partial charge in [-0.1, -0.05) is 41.4 Å². The maximum Gasteiger partial charge on any atom is 0.228 e. The molecular weight excluding hydrogens is 408 g/mol. The Kier molecular flexibility index (Phi) is 6.66. The van der Waals surface area contributed by atoms with E-state index in [9.17, 15) is 13.2 Å². The van der Waals surface area contributed by atoms with Crippen LogP contribution in [-0.4, -0.2) is 31.7 Å². The van der Waals surface area contributed by atoms with E-state index in [1.54, 1.807) is 24.3 Å². The van der Waals surface area contributed by atoms with Crippen molar-refractivity contribution in [2.75, 3.05) is 18.4 Å². The third-order valence-electron chi connectivity index (χ3n) is 5.31. The highest BCUT2D eigenvalue weighted by atomic mass is 35.5. The van der Waals surface area contributed by atoms with Gasteiger partial charge in [-0.05, 0) is 62.4 Å². The summed E-state index contributed by atoms with van der Waals surface area (Å²) in [6.45, 7) is 6.61. The summed E-state index contributed by atoms with van der Waals surface area (Å²) in [6, 6.07) is 10.9. The summed E-state index contributed by atoms with van der Waals surface area (Å²) in [4.78, 5) is 12.9. The highest BCUT2D eigenvalue weighted by Gasteiger charge is 2.32. The molecule has 1 fully saturated rings. The summed E-state index contributed by atoms with van der Waals surface area (Å²) in [5.74, 6) is -0.598. The molecule has 1 saturated heterocycles. The molecule has 1 aliphatic heterocycles. The molecule has 1 atom stereocenters. The van der Waals surface area contributed by atoms with Gasteiger partial charge < -0.3 is 5.32 Å². The molecule has 2 aromatic rings. The Labute approximate surface area is 178 Å². The van der Waals surface area contributed by atoms with Gasteiger partial charge >= 0.3 is 0 Å². The van der Waals surface area contributed by atoms with Gasteiger partial charge in [0, 0.05) is 23.8 Å². The van der Waals surface area contributed by atoms with Crippen LogP contribution in [0, 0.1) is 26.7 Å². The number of sulfonamides is 1. The molecular formula is C22H27ClN2O3S. The summed E-state index contributed by atoms with van der Waals surface area (Å²) < 4.78 is 27.2. The first-order chi connectivity index (χ1) is 13.7. The van der Waals surface area contributed by atoms with E-state index in [4.69, 9.17) is 11.6 Å². The Morgan fingerprint density at radius 1 is 1.17 bits per heavy atom. The van der Waals surface area contributed by atoms with Gasteiger partial charge in [0.1, 0.15) is 0 Å². The largest absolute Gasteiger partial charge is 0.325 e. The Hall–Kier alpha value is -1.89. The van der Waals surface area contributed by atoms with Crippen LogP contribution in [0.1, 0.15) is 35.1 Å². The number of benzene rings is 2. The van der Waals surface area contributed by atoms with Crippen molar-refractivity contribution >= 4 is 33.2 Å². The minimum absolute atomic E-state index is 0.113. The average molecular weight is 435 g/mol. The first-order valence-corrected chi connectivity index (χ1v) is 11.8. The molecule has 1 N–H and O–H groups in total. The monoisotopic (exact) mass is 434 g/mol. The molecule has 0 bridgehead atoms. The van der Waals surface area contributed by atoms with Crippen molar-refractivity contribution in [3.8, 4) is 0 Å². The van der Waals surface area contributed by atoms with Crippen LogP contribution in [0.4, 0.5) is 5.69 Å². The molecule has 0 aromatic heterocycles.